The zero-order valence-electron chi connectivity index (χ0n) is 22.6. The minimum atomic E-state index is -0.644. The van der Waals surface area contributed by atoms with E-state index in [0.29, 0.717) is 33.6 Å². The van der Waals surface area contributed by atoms with Crippen molar-refractivity contribution in [3.8, 4) is 28.4 Å². The second kappa shape index (κ2) is 11.5. The van der Waals surface area contributed by atoms with Crippen LogP contribution in [0.2, 0.25) is 0 Å². The number of hydrogen-bond acceptors (Lipinski definition) is 5. The quantitative estimate of drug-likeness (QED) is 0.257. The van der Waals surface area contributed by atoms with Crippen LogP contribution < -0.4 is 25.2 Å². The van der Waals surface area contributed by atoms with Crippen LogP contribution in [0.25, 0.3) is 22.2 Å². The predicted molar refractivity (Wildman–Crippen MR) is 151 cm³/mol. The standard InChI is InChI=1S/C31H27F2N3O5/c1-35-29-24(20-13-25(33)30(27(14-20)40-3)41-18-19-7-5-4-6-8-19)15-23(39-2)16-26(29)36(31(35)38)17-28(37)34-22-11-9-21(32)10-12-22/h4-16H,17-18H2,1-3H3,(H,34,37). The molecular formula is C31H27F2N3O5. The number of carbonyl (C=O) groups is 1. The number of anilines is 1. The number of aromatic nitrogens is 2. The van der Waals surface area contributed by atoms with Gasteiger partial charge < -0.3 is 19.5 Å². The molecule has 210 valence electrons. The molecule has 0 atom stereocenters. The Morgan fingerprint density at radius 3 is 2.34 bits per heavy atom. The number of hydrogen-bond donors (Lipinski definition) is 1. The third-order valence-electron chi connectivity index (χ3n) is 6.64. The van der Waals surface area contributed by atoms with E-state index >= 15 is 4.39 Å². The molecule has 5 aromatic rings. The highest BCUT2D eigenvalue weighted by atomic mass is 19.1. The molecule has 0 unspecified atom stereocenters. The number of carbonyl (C=O) groups excluding carboxylic acids is 1. The van der Waals surface area contributed by atoms with Crippen molar-refractivity contribution in [3.05, 3.63) is 107 Å². The van der Waals surface area contributed by atoms with Gasteiger partial charge >= 0.3 is 5.69 Å². The van der Waals surface area contributed by atoms with Gasteiger partial charge in [0.15, 0.2) is 17.3 Å². The van der Waals surface area contributed by atoms with E-state index in [1.54, 1.807) is 25.2 Å². The van der Waals surface area contributed by atoms with Crippen LogP contribution in [0.4, 0.5) is 14.5 Å². The highest BCUT2D eigenvalue weighted by Gasteiger charge is 2.22. The molecule has 0 fully saturated rings. The number of fused-ring (bicyclic) bond motifs is 1. The van der Waals surface area contributed by atoms with E-state index in [-0.39, 0.29) is 24.7 Å². The van der Waals surface area contributed by atoms with Crippen molar-refractivity contribution in [2.45, 2.75) is 13.2 Å². The highest BCUT2D eigenvalue weighted by Crippen LogP contribution is 2.39. The first-order valence-corrected chi connectivity index (χ1v) is 12.7. The molecule has 10 heteroatoms. The van der Waals surface area contributed by atoms with Crippen LogP contribution in [0.5, 0.6) is 17.2 Å². The van der Waals surface area contributed by atoms with E-state index in [4.69, 9.17) is 14.2 Å². The van der Waals surface area contributed by atoms with E-state index in [2.05, 4.69) is 5.32 Å². The topological polar surface area (TPSA) is 83.7 Å². The molecule has 0 bridgehead atoms. The summed E-state index contributed by atoms with van der Waals surface area (Å²) in [7, 11) is 4.46. The Hall–Kier alpha value is -5.12. The van der Waals surface area contributed by atoms with Gasteiger partial charge in [-0.25, -0.2) is 13.6 Å². The number of benzene rings is 4. The van der Waals surface area contributed by atoms with Crippen molar-refractivity contribution in [1.29, 1.82) is 0 Å². The number of ether oxygens (including phenoxy) is 3. The molecule has 0 aliphatic carbocycles. The van der Waals surface area contributed by atoms with Gasteiger partial charge in [-0.2, -0.15) is 0 Å². The second-order valence-corrected chi connectivity index (χ2v) is 9.29. The first kappa shape index (κ1) is 27.4. The summed E-state index contributed by atoms with van der Waals surface area (Å²) in [6.45, 7) is -0.168. The van der Waals surface area contributed by atoms with E-state index in [1.165, 1.54) is 53.7 Å². The third kappa shape index (κ3) is 5.62. The fraction of sp³-hybridized carbons (Fsp3) is 0.161. The summed E-state index contributed by atoms with van der Waals surface area (Å²) >= 11 is 0. The fourth-order valence-corrected chi connectivity index (χ4v) is 4.64. The van der Waals surface area contributed by atoms with Crippen LogP contribution in [0.1, 0.15) is 5.56 Å². The lowest BCUT2D eigenvalue weighted by Crippen LogP contribution is -2.28. The first-order chi connectivity index (χ1) is 19.8. The minimum Gasteiger partial charge on any atom is -0.497 e. The van der Waals surface area contributed by atoms with Gasteiger partial charge in [-0.1, -0.05) is 30.3 Å². The van der Waals surface area contributed by atoms with Crippen LogP contribution in [0.15, 0.2) is 83.7 Å². The molecule has 0 spiro atoms. The van der Waals surface area contributed by atoms with Gasteiger partial charge in [0.05, 0.1) is 25.3 Å². The van der Waals surface area contributed by atoms with Crippen molar-refractivity contribution in [1.82, 2.24) is 9.13 Å². The van der Waals surface area contributed by atoms with Crippen molar-refractivity contribution < 1.29 is 27.8 Å². The van der Waals surface area contributed by atoms with E-state index < -0.39 is 23.2 Å². The van der Waals surface area contributed by atoms with Crippen LogP contribution in [-0.2, 0) is 25.0 Å². The molecule has 0 saturated carbocycles. The van der Waals surface area contributed by atoms with Crippen molar-refractivity contribution in [2.75, 3.05) is 19.5 Å². The lowest BCUT2D eigenvalue weighted by Gasteiger charge is -2.15. The summed E-state index contributed by atoms with van der Waals surface area (Å²) in [6.07, 6.45) is 0. The molecule has 0 aliphatic heterocycles. The van der Waals surface area contributed by atoms with Gasteiger partial charge in [-0.15, -0.1) is 0 Å². The first-order valence-electron chi connectivity index (χ1n) is 12.7. The highest BCUT2D eigenvalue weighted by molar-refractivity contribution is 5.96. The largest absolute Gasteiger partial charge is 0.497 e. The SMILES string of the molecule is COc1cc(-c2cc(F)c(OCc3ccccc3)c(OC)c2)c2c(c1)n(CC(=O)Nc1ccc(F)cc1)c(=O)n2C. The summed E-state index contributed by atoms with van der Waals surface area (Å²) in [5.74, 6) is -1.03. The van der Waals surface area contributed by atoms with Crippen LogP contribution in [0, 0.1) is 11.6 Å². The molecule has 1 amide bonds. The maximum absolute atomic E-state index is 15.5. The normalized spacial score (nSPS) is 11.0. The van der Waals surface area contributed by atoms with Crippen LogP contribution in [0.3, 0.4) is 0 Å². The lowest BCUT2D eigenvalue weighted by molar-refractivity contribution is -0.116. The summed E-state index contributed by atoms with van der Waals surface area (Å²) in [5.41, 5.74) is 2.57. The number of halogens is 2. The Morgan fingerprint density at radius 2 is 1.66 bits per heavy atom. The van der Waals surface area contributed by atoms with Gasteiger partial charge in [-0.05, 0) is 53.6 Å². The average Bonchev–Trinajstić information content (AvgIpc) is 3.21. The lowest BCUT2D eigenvalue weighted by atomic mass is 10.0. The summed E-state index contributed by atoms with van der Waals surface area (Å²) < 4.78 is 48.1. The zero-order valence-corrected chi connectivity index (χ0v) is 22.6. The van der Waals surface area contributed by atoms with E-state index in [9.17, 15) is 14.0 Å². The summed E-state index contributed by atoms with van der Waals surface area (Å²) in [5, 5.41) is 2.66. The fourth-order valence-electron chi connectivity index (χ4n) is 4.64. The number of imidazole rings is 1. The molecule has 1 N–H and O–H groups in total. The number of rotatable bonds is 9. The Balaban J connectivity index is 1.54. The number of methoxy groups -OCH3 is 2. The molecular weight excluding hydrogens is 532 g/mol. The molecule has 0 saturated heterocycles. The molecule has 1 heterocycles. The Morgan fingerprint density at radius 1 is 0.927 bits per heavy atom. The summed E-state index contributed by atoms with van der Waals surface area (Å²) in [6, 6.07) is 20.9. The Bertz CT molecular complexity index is 1780. The second-order valence-electron chi connectivity index (χ2n) is 9.29. The Labute approximate surface area is 234 Å². The maximum Gasteiger partial charge on any atom is 0.329 e. The minimum absolute atomic E-state index is 0.0387. The molecule has 0 radical (unpaired) electrons. The predicted octanol–water partition coefficient (Wildman–Crippen LogP) is 5.52. The van der Waals surface area contributed by atoms with Crippen molar-refractivity contribution in [2.24, 2.45) is 7.05 Å². The maximum atomic E-state index is 15.5. The zero-order chi connectivity index (χ0) is 29.1. The van der Waals surface area contributed by atoms with Crippen LogP contribution in [-0.4, -0.2) is 29.3 Å². The molecule has 5 rings (SSSR count). The number of aryl methyl sites for hydroxylation is 1. The average molecular weight is 560 g/mol. The van der Waals surface area contributed by atoms with E-state index in [1.807, 2.05) is 30.3 Å². The van der Waals surface area contributed by atoms with Gasteiger partial charge in [0, 0.05) is 24.4 Å². The third-order valence-corrected chi connectivity index (χ3v) is 6.64. The number of nitrogens with zero attached hydrogens (tertiary/aromatic N) is 2. The van der Waals surface area contributed by atoms with Gasteiger partial charge in [-0.3, -0.25) is 13.9 Å². The number of amides is 1. The number of nitrogens with one attached hydrogen (secondary N) is 1. The van der Waals surface area contributed by atoms with Gasteiger partial charge in [0.25, 0.3) is 0 Å². The molecule has 1 aromatic heterocycles. The monoisotopic (exact) mass is 559 g/mol. The van der Waals surface area contributed by atoms with E-state index in [0.717, 1.165) is 5.56 Å². The molecule has 4 aromatic carbocycles. The Kier molecular flexibility index (Phi) is 7.73. The molecule has 41 heavy (non-hydrogen) atoms. The van der Waals surface area contributed by atoms with Crippen molar-refractivity contribution in [3.63, 3.8) is 0 Å². The molecule has 0 aliphatic rings. The summed E-state index contributed by atoms with van der Waals surface area (Å²) in [4.78, 5) is 26.1. The molecule has 8 nitrogen and oxygen atoms in total. The van der Waals surface area contributed by atoms with Crippen LogP contribution >= 0.6 is 0 Å². The van der Waals surface area contributed by atoms with Crippen molar-refractivity contribution >= 4 is 22.6 Å². The smallest absolute Gasteiger partial charge is 0.329 e. The van der Waals surface area contributed by atoms with Gasteiger partial charge in [0.2, 0.25) is 5.91 Å². The van der Waals surface area contributed by atoms with Gasteiger partial charge in [0.1, 0.15) is 24.7 Å².